The summed E-state index contributed by atoms with van der Waals surface area (Å²) in [4.78, 5) is 12.4. The molecule has 6 heteroatoms. The van der Waals surface area contributed by atoms with E-state index in [0.717, 1.165) is 6.42 Å². The average Bonchev–Trinajstić information content (AvgIpc) is 2.74. The van der Waals surface area contributed by atoms with Crippen LogP contribution >= 0.6 is 0 Å². The highest BCUT2D eigenvalue weighted by atomic mass is 32.2. The Hall–Kier alpha value is -1.43. The van der Waals surface area contributed by atoms with Crippen molar-refractivity contribution < 1.29 is 17.6 Å². The van der Waals surface area contributed by atoms with E-state index in [4.69, 9.17) is 0 Å². The fraction of sp³-hybridized carbons (Fsp3) is 0.562. The Morgan fingerprint density at radius 2 is 1.91 bits per heavy atom. The molecule has 2 saturated carbocycles. The first-order valence-electron chi connectivity index (χ1n) is 7.46. The monoisotopic (exact) mass is 325 g/mol. The van der Waals surface area contributed by atoms with Gasteiger partial charge in [0.05, 0.1) is 11.2 Å². The topological polar surface area (TPSA) is 63.2 Å². The number of Topliss-reactive ketones (excluding diaryl/α,β-unsaturated/α-hetero) is 1. The number of hydrogen-bond donors (Lipinski definition) is 1. The minimum Gasteiger partial charge on any atom is -0.299 e. The first-order chi connectivity index (χ1) is 10.2. The van der Waals surface area contributed by atoms with Crippen LogP contribution in [0.1, 0.15) is 33.1 Å². The molecule has 0 unspecified atom stereocenters. The number of ketones is 1. The van der Waals surface area contributed by atoms with E-state index in [2.05, 4.69) is 4.72 Å². The second-order valence-electron chi connectivity index (χ2n) is 7.03. The van der Waals surface area contributed by atoms with Crippen LogP contribution in [0.5, 0.6) is 0 Å². The SMILES string of the molecule is CC1(C)[C@H]2CC[C@@]1(CS(=O)(=O)Nc1ccc(F)cc1)C(=O)C2. The predicted molar refractivity (Wildman–Crippen MR) is 82.4 cm³/mol. The quantitative estimate of drug-likeness (QED) is 0.925. The summed E-state index contributed by atoms with van der Waals surface area (Å²) in [5, 5.41) is 0. The first-order valence-corrected chi connectivity index (χ1v) is 9.11. The summed E-state index contributed by atoms with van der Waals surface area (Å²) >= 11 is 0. The molecule has 0 heterocycles. The fourth-order valence-corrected chi connectivity index (χ4v) is 6.06. The van der Waals surface area contributed by atoms with Gasteiger partial charge in [-0.05, 0) is 48.4 Å². The van der Waals surface area contributed by atoms with E-state index in [0.29, 0.717) is 18.5 Å². The second-order valence-corrected chi connectivity index (χ2v) is 8.76. The van der Waals surface area contributed by atoms with E-state index < -0.39 is 21.3 Å². The van der Waals surface area contributed by atoms with Gasteiger partial charge in [0.25, 0.3) is 0 Å². The molecule has 0 aliphatic heterocycles. The number of hydrogen-bond acceptors (Lipinski definition) is 3. The number of halogens is 1. The van der Waals surface area contributed by atoms with Crippen LogP contribution < -0.4 is 4.72 Å². The third-order valence-electron chi connectivity index (χ3n) is 5.69. The zero-order chi connectivity index (χ0) is 16.2. The molecule has 4 nitrogen and oxygen atoms in total. The van der Waals surface area contributed by atoms with Gasteiger partial charge in [0.2, 0.25) is 10.0 Å². The van der Waals surface area contributed by atoms with Crippen molar-refractivity contribution in [3.63, 3.8) is 0 Å². The molecule has 2 atom stereocenters. The molecule has 0 saturated heterocycles. The Morgan fingerprint density at radius 3 is 2.41 bits per heavy atom. The zero-order valence-electron chi connectivity index (χ0n) is 12.7. The minimum atomic E-state index is -3.67. The maximum absolute atomic E-state index is 12.9. The van der Waals surface area contributed by atoms with Gasteiger partial charge in [0.1, 0.15) is 11.6 Å². The Labute approximate surface area is 130 Å². The Kier molecular flexibility index (Phi) is 3.36. The van der Waals surface area contributed by atoms with Crippen molar-refractivity contribution in [1.29, 1.82) is 0 Å². The number of carbonyl (C=O) groups is 1. The molecule has 2 aliphatic carbocycles. The summed E-state index contributed by atoms with van der Waals surface area (Å²) in [6.07, 6.45) is 2.03. The molecule has 2 bridgehead atoms. The van der Waals surface area contributed by atoms with Crippen molar-refractivity contribution in [3.8, 4) is 0 Å². The standard InChI is InChI=1S/C16H20FNO3S/c1-15(2)11-7-8-16(15,14(19)9-11)10-22(20,21)18-13-5-3-12(17)4-6-13/h3-6,11,18H,7-10H2,1-2H3/t11-,16+/m0/s1. The third kappa shape index (κ3) is 2.24. The Balaban J connectivity index is 1.85. The average molecular weight is 325 g/mol. The Morgan fingerprint density at radius 1 is 1.27 bits per heavy atom. The molecule has 0 aromatic heterocycles. The highest BCUT2D eigenvalue weighted by molar-refractivity contribution is 7.92. The summed E-state index contributed by atoms with van der Waals surface area (Å²) in [5.74, 6) is -0.272. The molecule has 2 aliphatic rings. The molecule has 2 fully saturated rings. The molecule has 1 aromatic carbocycles. The van der Waals surface area contributed by atoms with Crippen molar-refractivity contribution in [2.45, 2.75) is 33.1 Å². The van der Waals surface area contributed by atoms with E-state index in [-0.39, 0.29) is 22.9 Å². The molecule has 0 radical (unpaired) electrons. The lowest BCUT2D eigenvalue weighted by molar-refractivity contribution is -0.128. The highest BCUT2D eigenvalue weighted by Crippen LogP contribution is 2.64. The lowest BCUT2D eigenvalue weighted by atomic mass is 9.70. The van der Waals surface area contributed by atoms with Gasteiger partial charge < -0.3 is 0 Å². The summed E-state index contributed by atoms with van der Waals surface area (Å²) < 4.78 is 40.4. The normalized spacial score (nSPS) is 29.8. The molecule has 0 spiro atoms. The maximum atomic E-state index is 12.9. The molecule has 120 valence electrons. The molecule has 22 heavy (non-hydrogen) atoms. The van der Waals surface area contributed by atoms with Gasteiger partial charge in [0, 0.05) is 12.1 Å². The third-order valence-corrected chi connectivity index (χ3v) is 7.11. The molecule has 1 N–H and O–H groups in total. The van der Waals surface area contributed by atoms with Crippen LogP contribution in [0.25, 0.3) is 0 Å². The van der Waals surface area contributed by atoms with Gasteiger partial charge in [-0.2, -0.15) is 0 Å². The lowest BCUT2D eigenvalue weighted by Gasteiger charge is -2.36. The number of benzene rings is 1. The van der Waals surface area contributed by atoms with Crippen LogP contribution in [0.15, 0.2) is 24.3 Å². The lowest BCUT2D eigenvalue weighted by Crippen LogP contribution is -2.43. The van der Waals surface area contributed by atoms with Gasteiger partial charge in [-0.15, -0.1) is 0 Å². The molecular weight excluding hydrogens is 305 g/mol. The van der Waals surface area contributed by atoms with Crippen LogP contribution in [-0.2, 0) is 14.8 Å². The van der Waals surface area contributed by atoms with Crippen LogP contribution in [0.4, 0.5) is 10.1 Å². The van der Waals surface area contributed by atoms with Gasteiger partial charge in [0.15, 0.2) is 0 Å². The van der Waals surface area contributed by atoms with Gasteiger partial charge in [-0.1, -0.05) is 13.8 Å². The number of anilines is 1. The number of rotatable bonds is 4. The van der Waals surface area contributed by atoms with E-state index in [1.54, 1.807) is 0 Å². The first kappa shape index (κ1) is 15.5. The van der Waals surface area contributed by atoms with Crippen LogP contribution in [0.3, 0.4) is 0 Å². The Bertz CT molecular complexity index is 711. The van der Waals surface area contributed by atoms with E-state index in [1.165, 1.54) is 24.3 Å². The fourth-order valence-electron chi connectivity index (χ4n) is 4.17. The van der Waals surface area contributed by atoms with Crippen LogP contribution in [0, 0.1) is 22.6 Å². The highest BCUT2D eigenvalue weighted by Gasteiger charge is 2.65. The number of fused-ring (bicyclic) bond motifs is 2. The van der Waals surface area contributed by atoms with Gasteiger partial charge in [-0.3, -0.25) is 9.52 Å². The van der Waals surface area contributed by atoms with E-state index in [9.17, 15) is 17.6 Å². The van der Waals surface area contributed by atoms with Crippen molar-refractivity contribution in [1.82, 2.24) is 0 Å². The van der Waals surface area contributed by atoms with E-state index in [1.807, 2.05) is 13.8 Å². The van der Waals surface area contributed by atoms with Crippen LogP contribution in [-0.4, -0.2) is 20.0 Å². The van der Waals surface area contributed by atoms with Crippen molar-refractivity contribution >= 4 is 21.5 Å². The second kappa shape index (κ2) is 4.78. The molecular formula is C16H20FNO3S. The van der Waals surface area contributed by atoms with E-state index >= 15 is 0 Å². The maximum Gasteiger partial charge on any atom is 0.233 e. The number of sulfonamides is 1. The largest absolute Gasteiger partial charge is 0.299 e. The minimum absolute atomic E-state index is 0.0678. The van der Waals surface area contributed by atoms with Crippen molar-refractivity contribution in [2.24, 2.45) is 16.7 Å². The summed E-state index contributed by atoms with van der Waals surface area (Å²) in [6.45, 7) is 4.01. The summed E-state index contributed by atoms with van der Waals surface area (Å²) in [5.41, 5.74) is -0.763. The molecule has 0 amide bonds. The number of carbonyl (C=O) groups excluding carboxylic acids is 1. The predicted octanol–water partition coefficient (Wildman–Crippen LogP) is 2.96. The van der Waals surface area contributed by atoms with Crippen LogP contribution in [0.2, 0.25) is 0 Å². The summed E-state index contributed by atoms with van der Waals surface area (Å²) in [6, 6.07) is 5.16. The van der Waals surface area contributed by atoms with Crippen molar-refractivity contribution in [3.05, 3.63) is 30.1 Å². The molecule has 3 rings (SSSR count). The van der Waals surface area contributed by atoms with Gasteiger partial charge >= 0.3 is 0 Å². The van der Waals surface area contributed by atoms with Crippen molar-refractivity contribution in [2.75, 3.05) is 10.5 Å². The smallest absolute Gasteiger partial charge is 0.233 e. The molecule has 1 aromatic rings. The zero-order valence-corrected chi connectivity index (χ0v) is 13.5. The summed E-state index contributed by atoms with van der Waals surface area (Å²) in [7, 11) is -3.67. The number of nitrogens with one attached hydrogen (secondary N) is 1. The van der Waals surface area contributed by atoms with Gasteiger partial charge in [-0.25, -0.2) is 12.8 Å².